The summed E-state index contributed by atoms with van der Waals surface area (Å²) in [4.78, 5) is 4.70. The van der Waals surface area contributed by atoms with Crippen LogP contribution in [0.4, 0.5) is 0 Å². The molecule has 0 unspecified atom stereocenters. The van der Waals surface area contributed by atoms with E-state index in [1.54, 1.807) is 79.9 Å². The number of ether oxygens (including phenoxy) is 1. The largest absolute Gasteiger partial charge is 0.458 e. The van der Waals surface area contributed by atoms with Gasteiger partial charge in [-0.3, -0.25) is 13.7 Å². The number of para-hydroxylation sites is 1. The molecule has 3 heterocycles. The third-order valence-corrected chi connectivity index (χ3v) is 14.3. The Kier molecular flexibility index (Phi) is 6.96. The second-order valence-electron chi connectivity index (χ2n) is 20.6. The van der Waals surface area contributed by atoms with Crippen LogP contribution in [0.3, 0.4) is 0 Å². The van der Waals surface area contributed by atoms with Crippen LogP contribution < -0.4 is 9.30 Å². The van der Waals surface area contributed by atoms with Crippen LogP contribution in [-0.2, 0) is 5.41 Å². The van der Waals surface area contributed by atoms with Gasteiger partial charge in [-0.25, -0.2) is 4.98 Å². The maximum absolute atomic E-state index is 10.5. The lowest BCUT2D eigenvalue weighted by Gasteiger charge is -2.26. The van der Waals surface area contributed by atoms with Crippen molar-refractivity contribution < 1.29 is 53.2 Å². The number of imidazole rings is 1. The Bertz CT molecular complexity index is 6360. The number of pyridine rings is 1. The van der Waals surface area contributed by atoms with Crippen molar-refractivity contribution in [2.24, 2.45) is 0 Å². The average Bonchev–Trinajstić information content (AvgIpc) is 1.59. The standard InChI is InChI=1S/C79H62N4O/c1-52-23-21-24-53(2)77(52)59-37-40-73-75(45-59)81(64-33-22-34-65(48-64)84-66-38-39-68-67-35-19-20-36-72(67)83(74(68)49-66)76-41-54(3)71(50-80-76)58-31-17-10-18-32-58)51-82(73)78-69(57-29-15-9-16-30-57)46-63(79(4,5)6)47-70(78)62-43-60(55-25-11-7-12-26-55)42-61(44-62)56-27-13-8-14-28-56/h7-50H,1-6H3/i1D3,2D3,3D3,7D,8D,9D,10D,11D,12D,13D,14D,15D,16D,17D,18D,25D,26D,27D,28D,29D,30D,31D,32D,42D,43D,44D. The predicted octanol–water partition coefficient (Wildman–Crippen LogP) is 20.2. The summed E-state index contributed by atoms with van der Waals surface area (Å²) in [6.07, 6.45) is 4.50. The number of aryl methyl sites for hydroxylation is 3. The van der Waals surface area contributed by atoms with Gasteiger partial charge in [-0.05, 0) is 176 Å². The van der Waals surface area contributed by atoms with E-state index in [-0.39, 0.29) is 95.4 Å². The van der Waals surface area contributed by atoms with Gasteiger partial charge < -0.3 is 4.74 Å². The molecule has 0 saturated heterocycles. The molecule has 0 bridgehead atoms. The second kappa shape index (κ2) is 21.2. The van der Waals surface area contributed by atoms with E-state index >= 15 is 0 Å². The predicted molar refractivity (Wildman–Crippen MR) is 348 cm³/mol. The fourth-order valence-corrected chi connectivity index (χ4v) is 10.4. The third-order valence-electron chi connectivity index (χ3n) is 14.3. The molecule has 14 aromatic rings. The van der Waals surface area contributed by atoms with Crippen molar-refractivity contribution in [3.8, 4) is 95.5 Å². The molecule has 84 heavy (non-hydrogen) atoms. The third kappa shape index (κ3) is 9.53. The molecular weight excluding hydrogens is 1020 g/mol. The van der Waals surface area contributed by atoms with E-state index in [2.05, 4.69) is 6.33 Å². The maximum atomic E-state index is 10.5. The smallest absolute Gasteiger partial charge is 0.269 e. The number of fused-ring (bicyclic) bond motifs is 4. The van der Waals surface area contributed by atoms with Crippen LogP contribution >= 0.6 is 0 Å². The number of nitrogens with zero attached hydrogens (tertiary/aromatic N) is 4. The van der Waals surface area contributed by atoms with Crippen LogP contribution in [0.15, 0.2) is 266 Å². The van der Waals surface area contributed by atoms with E-state index in [1.165, 1.54) is 69.8 Å². The molecule has 0 amide bonds. The van der Waals surface area contributed by atoms with Gasteiger partial charge in [0.25, 0.3) is 6.33 Å². The first-order chi connectivity index (χ1) is 54.2. The van der Waals surface area contributed by atoms with Gasteiger partial charge >= 0.3 is 0 Å². The van der Waals surface area contributed by atoms with Crippen molar-refractivity contribution in [1.29, 1.82) is 0 Å². The van der Waals surface area contributed by atoms with E-state index < -0.39 is 198 Å². The van der Waals surface area contributed by atoms with E-state index in [4.69, 9.17) is 41.2 Å². The summed E-state index contributed by atoms with van der Waals surface area (Å²) < 4.78 is 300. The SMILES string of the molecule is [2H]c1c([2H])c([2H])c(-c2cnc(-n3c4ccccc4c4ccc(Oc5cccc(-n6[c-][n+](-c7c(-c8c([2H])c([2H])c([2H])c([2H])c8[2H])cc(C(C)(C)C)cc7-c7c([2H])c(-c8c([2H])c([2H])c([2H])c([2H])c8[2H])c([2H])c(-c8c([2H])c([2H])c([2H])c([2H])c8[2H])c7[2H])c7ccc(-c8c(C([2H])([2H])[2H])cccc8C([2H])([2H])[2H])cc76)c5)cc43)cc2C([2H])([2H])[2H])c([2H])c1[2H]. The maximum Gasteiger partial charge on any atom is 0.269 e. The van der Waals surface area contributed by atoms with Crippen molar-refractivity contribution in [2.45, 2.75) is 46.7 Å². The number of hydrogen-bond donors (Lipinski definition) is 0. The lowest BCUT2D eigenvalue weighted by atomic mass is 9.81. The Hall–Kier alpha value is -10.4. The molecule has 5 nitrogen and oxygen atoms in total. The summed E-state index contributed by atoms with van der Waals surface area (Å²) in [6, 6.07) is 11.2. The van der Waals surface area contributed by atoms with Crippen LogP contribution in [0.5, 0.6) is 11.5 Å². The van der Waals surface area contributed by atoms with Gasteiger partial charge in [-0.1, -0.05) is 208 Å². The highest BCUT2D eigenvalue weighted by Gasteiger charge is 2.26. The first kappa shape index (κ1) is 27.6. The topological polar surface area (TPSA) is 35.9 Å². The normalized spacial score (nSPS) is 17.6. The number of benzene rings is 11. The second-order valence-corrected chi connectivity index (χ2v) is 20.6. The van der Waals surface area contributed by atoms with Crippen LogP contribution in [0, 0.1) is 26.9 Å². The van der Waals surface area contributed by atoms with Crippen LogP contribution in [0.2, 0.25) is 0 Å². The molecule has 5 heteroatoms. The molecule has 0 fully saturated rings. The van der Waals surface area contributed by atoms with Crippen molar-refractivity contribution >= 4 is 32.8 Å². The van der Waals surface area contributed by atoms with Crippen LogP contribution in [0.1, 0.15) is 86.9 Å². The van der Waals surface area contributed by atoms with Gasteiger partial charge in [0.2, 0.25) is 0 Å². The van der Waals surface area contributed by atoms with E-state index in [1.807, 2.05) is 6.07 Å². The Labute approximate surface area is 536 Å². The molecular formula is C79H62N4O. The molecule has 0 aliphatic rings. The molecule has 0 saturated carbocycles. The minimum Gasteiger partial charge on any atom is -0.458 e. The molecule has 11 aromatic carbocycles. The Morgan fingerprint density at radius 3 is 1.71 bits per heavy atom. The highest BCUT2D eigenvalue weighted by molar-refractivity contribution is 6.09. The summed E-state index contributed by atoms with van der Waals surface area (Å²) in [5, 5.41) is 1.31. The fourth-order valence-electron chi connectivity index (χ4n) is 10.4. The molecule has 0 aliphatic heterocycles. The Morgan fingerprint density at radius 2 is 1.06 bits per heavy atom. The highest BCUT2D eigenvalue weighted by atomic mass is 16.5. The van der Waals surface area contributed by atoms with E-state index in [0.29, 0.717) is 21.8 Å². The summed E-state index contributed by atoms with van der Waals surface area (Å²) in [7, 11) is 0. The number of rotatable bonds is 11. The first-order valence-electron chi connectivity index (χ1n) is 42.3. The summed E-state index contributed by atoms with van der Waals surface area (Å²) in [5.74, 6) is 0.305. The molecule has 0 spiro atoms. The number of aromatic nitrogens is 4. The van der Waals surface area contributed by atoms with Crippen LogP contribution in [0.25, 0.3) is 117 Å². The van der Waals surface area contributed by atoms with Crippen LogP contribution in [-0.4, -0.2) is 14.1 Å². The zero-order valence-corrected chi connectivity index (χ0v) is 44.8. The molecule has 14 rings (SSSR count). The van der Waals surface area contributed by atoms with Crippen molar-refractivity contribution in [1.82, 2.24) is 14.1 Å². The van der Waals surface area contributed by atoms with Gasteiger partial charge in [0, 0.05) is 40.9 Å². The van der Waals surface area contributed by atoms with E-state index in [0.717, 1.165) is 6.20 Å². The zero-order chi connectivity index (χ0) is 84.6. The minimum atomic E-state index is -2.96. The molecule has 404 valence electrons. The zero-order valence-electron chi connectivity index (χ0n) is 76.8. The van der Waals surface area contributed by atoms with Gasteiger partial charge in [-0.15, -0.1) is 0 Å². The summed E-state index contributed by atoms with van der Waals surface area (Å²) in [6.45, 7) is -3.64. The number of hydrogen-bond acceptors (Lipinski definition) is 2. The van der Waals surface area contributed by atoms with Crippen molar-refractivity contribution in [3.05, 3.63) is 295 Å². The highest BCUT2D eigenvalue weighted by Crippen LogP contribution is 2.43. The minimum absolute atomic E-state index is 0.00184. The fraction of sp³-hybridized carbons (Fsp3) is 0.0886. The monoisotopic (exact) mass is 1110 g/mol. The average molecular weight is 1120 g/mol. The van der Waals surface area contributed by atoms with Crippen molar-refractivity contribution in [3.63, 3.8) is 0 Å². The molecule has 0 radical (unpaired) electrons. The molecule has 0 atom stereocenters. The van der Waals surface area contributed by atoms with E-state index in [9.17, 15) is 12.3 Å². The first-order valence-corrected chi connectivity index (χ1v) is 26.3. The molecule has 0 aliphatic carbocycles. The van der Waals surface area contributed by atoms with Gasteiger partial charge in [0.05, 0.1) is 65.0 Å². The van der Waals surface area contributed by atoms with Crippen molar-refractivity contribution in [2.75, 3.05) is 0 Å². The van der Waals surface area contributed by atoms with Gasteiger partial charge in [-0.2, -0.15) is 0 Å². The molecule has 0 N–H and O–H groups in total. The quantitative estimate of drug-likeness (QED) is 0.0956. The summed E-state index contributed by atoms with van der Waals surface area (Å²) >= 11 is 0. The molecule has 3 aromatic heterocycles. The Balaban J connectivity index is 1.09. The Morgan fingerprint density at radius 1 is 0.476 bits per heavy atom. The summed E-state index contributed by atoms with van der Waals surface area (Å²) in [5.41, 5.74) is -6.88. The van der Waals surface area contributed by atoms with Gasteiger partial charge in [0.15, 0.2) is 0 Å². The lowest BCUT2D eigenvalue weighted by Crippen LogP contribution is -2.32. The lowest BCUT2D eigenvalue weighted by molar-refractivity contribution is -0.571. The van der Waals surface area contributed by atoms with Gasteiger partial charge in [0.1, 0.15) is 17.3 Å².